The van der Waals surface area contributed by atoms with Crippen LogP contribution in [0.1, 0.15) is 42.6 Å². The van der Waals surface area contributed by atoms with Crippen LogP contribution in [0.5, 0.6) is 0 Å². The molecule has 144 valence electrons. The lowest BCUT2D eigenvalue weighted by molar-refractivity contribution is 0.0342. The first kappa shape index (κ1) is 19.3. The van der Waals surface area contributed by atoms with Crippen LogP contribution in [0.2, 0.25) is 0 Å². The van der Waals surface area contributed by atoms with Crippen molar-refractivity contribution in [3.63, 3.8) is 0 Å². The molecule has 0 radical (unpaired) electrons. The monoisotopic (exact) mass is 359 g/mol. The summed E-state index contributed by atoms with van der Waals surface area (Å²) in [6.45, 7) is 12.7. The van der Waals surface area contributed by atoms with Crippen molar-refractivity contribution in [1.29, 1.82) is 0 Å². The largest absolute Gasteiger partial charge is 0.379 e. The maximum absolute atomic E-state index is 12.8. The van der Waals surface area contributed by atoms with Gasteiger partial charge in [0.15, 0.2) is 0 Å². The van der Waals surface area contributed by atoms with Gasteiger partial charge in [-0.3, -0.25) is 14.6 Å². The van der Waals surface area contributed by atoms with Crippen LogP contribution in [-0.2, 0) is 11.3 Å². The van der Waals surface area contributed by atoms with Crippen LogP contribution in [0.15, 0.2) is 24.3 Å². The number of hydrogen-bond donors (Lipinski definition) is 0. The van der Waals surface area contributed by atoms with Gasteiger partial charge in [0.25, 0.3) is 5.91 Å². The lowest BCUT2D eigenvalue weighted by atomic mass is 10.1. The number of piperazine rings is 1. The summed E-state index contributed by atoms with van der Waals surface area (Å²) in [5, 5.41) is 0. The molecular formula is C21H33N3O2. The van der Waals surface area contributed by atoms with Crippen molar-refractivity contribution in [1.82, 2.24) is 14.7 Å². The first-order chi connectivity index (χ1) is 12.7. The number of carbonyl (C=O) groups is 1. The van der Waals surface area contributed by atoms with E-state index >= 15 is 0 Å². The zero-order valence-electron chi connectivity index (χ0n) is 16.3. The summed E-state index contributed by atoms with van der Waals surface area (Å²) in [6, 6.07) is 8.84. The minimum Gasteiger partial charge on any atom is -0.379 e. The third-order valence-electron chi connectivity index (χ3n) is 5.77. The molecule has 1 aromatic rings. The maximum Gasteiger partial charge on any atom is 0.253 e. The van der Waals surface area contributed by atoms with E-state index in [1.165, 1.54) is 18.4 Å². The normalized spacial score (nSPS) is 19.9. The summed E-state index contributed by atoms with van der Waals surface area (Å²) in [5.41, 5.74) is 2.08. The van der Waals surface area contributed by atoms with Gasteiger partial charge >= 0.3 is 0 Å². The van der Waals surface area contributed by atoms with Gasteiger partial charge in [-0.25, -0.2) is 0 Å². The maximum atomic E-state index is 12.8. The summed E-state index contributed by atoms with van der Waals surface area (Å²) in [6.07, 6.45) is 2.38. The van der Waals surface area contributed by atoms with E-state index in [2.05, 4.69) is 35.8 Å². The molecule has 0 unspecified atom stereocenters. The molecule has 0 saturated carbocycles. The number of rotatable bonds is 6. The average Bonchev–Trinajstić information content (AvgIpc) is 2.70. The SMILES string of the molecule is CCC(CC)N1CCN(C(=O)c2ccc(CN3CCOCC3)cc2)CC1. The van der Waals surface area contributed by atoms with Crippen LogP contribution >= 0.6 is 0 Å². The number of morpholine rings is 1. The predicted molar refractivity (Wildman–Crippen MR) is 104 cm³/mol. The summed E-state index contributed by atoms with van der Waals surface area (Å²) in [4.78, 5) is 19.7. The third kappa shape index (κ3) is 4.84. The number of ether oxygens (including phenoxy) is 1. The Morgan fingerprint density at radius 1 is 0.962 bits per heavy atom. The van der Waals surface area contributed by atoms with Crippen LogP contribution in [0.4, 0.5) is 0 Å². The number of benzene rings is 1. The Bertz CT molecular complexity index is 557. The molecule has 2 saturated heterocycles. The lowest BCUT2D eigenvalue weighted by Gasteiger charge is -2.38. The fourth-order valence-corrected chi connectivity index (χ4v) is 4.05. The van der Waals surface area contributed by atoms with E-state index in [4.69, 9.17) is 4.74 Å². The van der Waals surface area contributed by atoms with Crippen molar-refractivity contribution in [3.05, 3.63) is 35.4 Å². The van der Waals surface area contributed by atoms with E-state index in [9.17, 15) is 4.79 Å². The van der Waals surface area contributed by atoms with E-state index < -0.39 is 0 Å². The fourth-order valence-electron chi connectivity index (χ4n) is 4.05. The zero-order chi connectivity index (χ0) is 18.4. The molecule has 0 atom stereocenters. The molecule has 0 spiro atoms. The minimum atomic E-state index is 0.173. The van der Waals surface area contributed by atoms with Crippen molar-refractivity contribution in [2.24, 2.45) is 0 Å². The highest BCUT2D eigenvalue weighted by molar-refractivity contribution is 5.94. The molecule has 1 aromatic carbocycles. The minimum absolute atomic E-state index is 0.173. The standard InChI is InChI=1S/C21H33N3O2/c1-3-20(4-2)23-9-11-24(12-10-23)21(25)19-7-5-18(6-8-19)17-22-13-15-26-16-14-22/h5-8,20H,3-4,9-17H2,1-2H3. The quantitative estimate of drug-likeness (QED) is 0.782. The van der Waals surface area contributed by atoms with E-state index in [0.717, 1.165) is 64.6 Å². The van der Waals surface area contributed by atoms with Crippen LogP contribution < -0.4 is 0 Å². The van der Waals surface area contributed by atoms with Gasteiger partial charge in [-0.2, -0.15) is 0 Å². The molecule has 0 aromatic heterocycles. The molecule has 2 aliphatic rings. The number of amides is 1. The summed E-state index contributed by atoms with van der Waals surface area (Å²) >= 11 is 0. The predicted octanol–water partition coefficient (Wildman–Crippen LogP) is 2.47. The van der Waals surface area contributed by atoms with Crippen molar-refractivity contribution >= 4 is 5.91 Å². The third-order valence-corrected chi connectivity index (χ3v) is 5.77. The first-order valence-electron chi connectivity index (χ1n) is 10.1. The Hall–Kier alpha value is -1.43. The topological polar surface area (TPSA) is 36.0 Å². The summed E-state index contributed by atoms with van der Waals surface area (Å²) in [7, 11) is 0. The van der Waals surface area contributed by atoms with Crippen molar-refractivity contribution in [3.8, 4) is 0 Å². The number of hydrogen-bond acceptors (Lipinski definition) is 4. The smallest absolute Gasteiger partial charge is 0.253 e. The van der Waals surface area contributed by atoms with Gasteiger partial charge in [0.05, 0.1) is 13.2 Å². The van der Waals surface area contributed by atoms with E-state index in [0.29, 0.717) is 6.04 Å². The molecule has 5 nitrogen and oxygen atoms in total. The Balaban J connectivity index is 1.52. The Morgan fingerprint density at radius 2 is 1.58 bits per heavy atom. The van der Waals surface area contributed by atoms with E-state index in [1.807, 2.05) is 17.0 Å². The Labute approximate surface area is 157 Å². The highest BCUT2D eigenvalue weighted by atomic mass is 16.5. The molecule has 2 fully saturated rings. The molecule has 2 aliphatic heterocycles. The Morgan fingerprint density at radius 3 is 2.15 bits per heavy atom. The summed E-state index contributed by atoms with van der Waals surface area (Å²) < 4.78 is 5.40. The van der Waals surface area contributed by atoms with E-state index in [-0.39, 0.29) is 5.91 Å². The molecule has 2 heterocycles. The van der Waals surface area contributed by atoms with Gasteiger partial charge in [0, 0.05) is 57.4 Å². The van der Waals surface area contributed by atoms with Gasteiger partial charge in [-0.1, -0.05) is 26.0 Å². The van der Waals surface area contributed by atoms with Crippen LogP contribution in [0.3, 0.4) is 0 Å². The average molecular weight is 360 g/mol. The van der Waals surface area contributed by atoms with Crippen LogP contribution in [-0.4, -0.2) is 79.1 Å². The fraction of sp³-hybridized carbons (Fsp3) is 0.667. The van der Waals surface area contributed by atoms with Crippen molar-refractivity contribution in [2.45, 2.75) is 39.3 Å². The highest BCUT2D eigenvalue weighted by Gasteiger charge is 2.25. The molecule has 26 heavy (non-hydrogen) atoms. The molecule has 0 aliphatic carbocycles. The Kier molecular flexibility index (Phi) is 7.06. The van der Waals surface area contributed by atoms with Crippen molar-refractivity contribution < 1.29 is 9.53 Å². The second-order valence-corrected chi connectivity index (χ2v) is 7.38. The molecule has 5 heteroatoms. The summed E-state index contributed by atoms with van der Waals surface area (Å²) in [5.74, 6) is 0.173. The highest BCUT2D eigenvalue weighted by Crippen LogP contribution is 2.15. The molecule has 0 bridgehead atoms. The second-order valence-electron chi connectivity index (χ2n) is 7.38. The van der Waals surface area contributed by atoms with Crippen LogP contribution in [0, 0.1) is 0 Å². The number of nitrogens with zero attached hydrogens (tertiary/aromatic N) is 3. The molecular weight excluding hydrogens is 326 g/mol. The molecule has 0 N–H and O–H groups in total. The van der Waals surface area contributed by atoms with Gasteiger partial charge < -0.3 is 9.64 Å². The van der Waals surface area contributed by atoms with Gasteiger partial charge in [0.2, 0.25) is 0 Å². The molecule has 1 amide bonds. The second kappa shape index (κ2) is 9.49. The zero-order valence-corrected chi connectivity index (χ0v) is 16.3. The van der Waals surface area contributed by atoms with Crippen molar-refractivity contribution in [2.75, 3.05) is 52.5 Å². The van der Waals surface area contributed by atoms with Gasteiger partial charge in [-0.15, -0.1) is 0 Å². The number of carbonyl (C=O) groups excluding carboxylic acids is 1. The molecule has 3 rings (SSSR count). The lowest BCUT2D eigenvalue weighted by Crippen LogP contribution is -2.51. The van der Waals surface area contributed by atoms with Crippen LogP contribution in [0.25, 0.3) is 0 Å². The van der Waals surface area contributed by atoms with Gasteiger partial charge in [0.1, 0.15) is 0 Å². The first-order valence-corrected chi connectivity index (χ1v) is 10.1. The van der Waals surface area contributed by atoms with E-state index in [1.54, 1.807) is 0 Å². The van der Waals surface area contributed by atoms with Gasteiger partial charge in [-0.05, 0) is 30.5 Å².